The van der Waals surface area contributed by atoms with Crippen LogP contribution in [0.15, 0.2) is 24.3 Å². The van der Waals surface area contributed by atoms with Crippen LogP contribution >= 0.6 is 0 Å². The molecule has 6 heteroatoms. The SMILES string of the molecule is Nc1ccccc1CC(=O)OCCCC(F)(F)F. The van der Waals surface area contributed by atoms with Crippen LogP contribution in [0.5, 0.6) is 0 Å². The topological polar surface area (TPSA) is 52.3 Å². The number of alkyl halides is 3. The molecular formula is C12H14F3NO2. The zero-order valence-electron chi connectivity index (χ0n) is 9.67. The monoisotopic (exact) mass is 261 g/mol. The van der Waals surface area contributed by atoms with Gasteiger partial charge in [0.15, 0.2) is 0 Å². The van der Waals surface area contributed by atoms with Crippen molar-refractivity contribution < 1.29 is 22.7 Å². The maximum atomic E-state index is 11.8. The largest absolute Gasteiger partial charge is 0.465 e. The lowest BCUT2D eigenvalue weighted by atomic mass is 10.1. The Morgan fingerprint density at radius 3 is 2.56 bits per heavy atom. The Labute approximate surface area is 103 Å². The second kappa shape index (κ2) is 6.28. The summed E-state index contributed by atoms with van der Waals surface area (Å²) in [7, 11) is 0. The third kappa shape index (κ3) is 5.56. The molecule has 1 aromatic carbocycles. The Morgan fingerprint density at radius 2 is 1.94 bits per heavy atom. The molecule has 0 saturated carbocycles. The van der Waals surface area contributed by atoms with E-state index in [0.717, 1.165) is 0 Å². The Hall–Kier alpha value is -1.72. The van der Waals surface area contributed by atoms with E-state index in [1.54, 1.807) is 24.3 Å². The molecule has 18 heavy (non-hydrogen) atoms. The van der Waals surface area contributed by atoms with Gasteiger partial charge in [-0.2, -0.15) is 13.2 Å². The van der Waals surface area contributed by atoms with Gasteiger partial charge < -0.3 is 10.5 Å². The molecule has 100 valence electrons. The smallest absolute Gasteiger partial charge is 0.389 e. The summed E-state index contributed by atoms with van der Waals surface area (Å²) in [6, 6.07) is 6.77. The van der Waals surface area contributed by atoms with Crippen LogP contribution in [0, 0.1) is 0 Å². The summed E-state index contributed by atoms with van der Waals surface area (Å²) in [5.41, 5.74) is 6.70. The van der Waals surface area contributed by atoms with Crippen molar-refractivity contribution in [2.75, 3.05) is 12.3 Å². The minimum Gasteiger partial charge on any atom is -0.465 e. The Kier molecular flexibility index (Phi) is 5.00. The maximum absolute atomic E-state index is 11.8. The fourth-order valence-corrected chi connectivity index (χ4v) is 1.36. The fourth-order valence-electron chi connectivity index (χ4n) is 1.36. The lowest BCUT2D eigenvalue weighted by Crippen LogP contribution is -2.13. The average Bonchev–Trinajstić information content (AvgIpc) is 2.26. The quantitative estimate of drug-likeness (QED) is 0.503. The summed E-state index contributed by atoms with van der Waals surface area (Å²) >= 11 is 0. The fraction of sp³-hybridized carbons (Fsp3) is 0.417. The first-order chi connectivity index (χ1) is 8.38. The predicted molar refractivity (Wildman–Crippen MR) is 60.8 cm³/mol. The van der Waals surface area contributed by atoms with Gasteiger partial charge in [0.1, 0.15) is 0 Å². The van der Waals surface area contributed by atoms with Crippen molar-refractivity contribution in [2.24, 2.45) is 0 Å². The molecule has 0 unspecified atom stereocenters. The summed E-state index contributed by atoms with van der Waals surface area (Å²) in [6.45, 7) is -0.231. The van der Waals surface area contributed by atoms with E-state index < -0.39 is 18.6 Å². The van der Waals surface area contributed by atoms with Gasteiger partial charge in [-0.15, -0.1) is 0 Å². The molecule has 1 aromatic rings. The van der Waals surface area contributed by atoms with Gasteiger partial charge in [-0.05, 0) is 18.1 Å². The summed E-state index contributed by atoms with van der Waals surface area (Å²) < 4.78 is 40.2. The molecule has 0 aliphatic rings. The summed E-state index contributed by atoms with van der Waals surface area (Å²) in [5, 5.41) is 0. The van der Waals surface area contributed by atoms with Crippen molar-refractivity contribution in [2.45, 2.75) is 25.4 Å². The first kappa shape index (κ1) is 14.3. The van der Waals surface area contributed by atoms with Gasteiger partial charge >= 0.3 is 12.1 Å². The summed E-state index contributed by atoms with van der Waals surface area (Å²) in [5.74, 6) is -0.574. The lowest BCUT2D eigenvalue weighted by molar-refractivity contribution is -0.149. The van der Waals surface area contributed by atoms with E-state index in [-0.39, 0.29) is 19.4 Å². The summed E-state index contributed by atoms with van der Waals surface area (Å²) in [4.78, 5) is 11.3. The maximum Gasteiger partial charge on any atom is 0.389 e. The molecule has 1 rings (SSSR count). The molecule has 0 saturated heterocycles. The Balaban J connectivity index is 2.29. The third-order valence-corrected chi connectivity index (χ3v) is 2.26. The second-order valence-electron chi connectivity index (χ2n) is 3.81. The van der Waals surface area contributed by atoms with Crippen LogP contribution in [0.1, 0.15) is 18.4 Å². The molecule has 0 bridgehead atoms. The van der Waals surface area contributed by atoms with Gasteiger partial charge in [0.05, 0.1) is 13.0 Å². The van der Waals surface area contributed by atoms with E-state index in [1.165, 1.54) is 0 Å². The number of nitrogens with two attached hydrogens (primary N) is 1. The normalized spacial score (nSPS) is 11.3. The predicted octanol–water partition coefficient (Wildman–Crippen LogP) is 2.70. The molecule has 0 aliphatic heterocycles. The van der Waals surface area contributed by atoms with Crippen LogP contribution in [0.4, 0.5) is 18.9 Å². The lowest BCUT2D eigenvalue weighted by Gasteiger charge is -2.08. The molecule has 0 atom stereocenters. The van der Waals surface area contributed by atoms with Crippen LogP contribution in [0.2, 0.25) is 0 Å². The van der Waals surface area contributed by atoms with Crippen LogP contribution in [-0.4, -0.2) is 18.8 Å². The van der Waals surface area contributed by atoms with E-state index >= 15 is 0 Å². The molecule has 0 amide bonds. The van der Waals surface area contributed by atoms with Gasteiger partial charge in [0.25, 0.3) is 0 Å². The van der Waals surface area contributed by atoms with Crippen LogP contribution in [0.25, 0.3) is 0 Å². The Morgan fingerprint density at radius 1 is 1.28 bits per heavy atom. The van der Waals surface area contributed by atoms with Crippen molar-refractivity contribution in [1.29, 1.82) is 0 Å². The third-order valence-electron chi connectivity index (χ3n) is 2.26. The minimum atomic E-state index is -4.21. The number of hydrogen-bond donors (Lipinski definition) is 1. The zero-order valence-corrected chi connectivity index (χ0v) is 9.67. The van der Waals surface area contributed by atoms with E-state index in [0.29, 0.717) is 11.3 Å². The molecule has 0 aromatic heterocycles. The van der Waals surface area contributed by atoms with Crippen molar-refractivity contribution >= 4 is 11.7 Å². The van der Waals surface area contributed by atoms with Crippen LogP contribution in [-0.2, 0) is 16.0 Å². The molecular weight excluding hydrogens is 247 g/mol. The van der Waals surface area contributed by atoms with Crippen molar-refractivity contribution in [3.8, 4) is 0 Å². The first-order valence-electron chi connectivity index (χ1n) is 5.44. The summed E-state index contributed by atoms with van der Waals surface area (Å²) in [6.07, 6.45) is -5.41. The number of benzene rings is 1. The van der Waals surface area contributed by atoms with Gasteiger partial charge in [0, 0.05) is 12.1 Å². The number of carbonyl (C=O) groups is 1. The number of esters is 1. The van der Waals surface area contributed by atoms with Gasteiger partial charge in [-0.3, -0.25) is 4.79 Å². The van der Waals surface area contributed by atoms with E-state index in [9.17, 15) is 18.0 Å². The number of rotatable bonds is 5. The number of halogens is 3. The minimum absolute atomic E-state index is 0.0291. The number of anilines is 1. The van der Waals surface area contributed by atoms with Crippen LogP contribution in [0.3, 0.4) is 0 Å². The highest BCUT2D eigenvalue weighted by Crippen LogP contribution is 2.21. The number of nitrogen functional groups attached to an aromatic ring is 1. The Bertz CT molecular complexity index is 405. The standard InChI is InChI=1S/C12H14F3NO2/c13-12(14,15)6-3-7-18-11(17)8-9-4-1-2-5-10(9)16/h1-2,4-5H,3,6-8,16H2. The second-order valence-corrected chi connectivity index (χ2v) is 3.81. The highest BCUT2D eigenvalue weighted by molar-refractivity contribution is 5.74. The number of carbonyl (C=O) groups excluding carboxylic acids is 1. The van der Waals surface area contributed by atoms with Crippen molar-refractivity contribution in [1.82, 2.24) is 0 Å². The van der Waals surface area contributed by atoms with E-state index in [1.807, 2.05) is 0 Å². The molecule has 2 N–H and O–H groups in total. The number of para-hydroxylation sites is 1. The molecule has 0 heterocycles. The highest BCUT2D eigenvalue weighted by Gasteiger charge is 2.26. The number of hydrogen-bond acceptors (Lipinski definition) is 3. The molecule has 3 nitrogen and oxygen atoms in total. The van der Waals surface area contributed by atoms with Crippen molar-refractivity contribution in [3.63, 3.8) is 0 Å². The van der Waals surface area contributed by atoms with Crippen LogP contribution < -0.4 is 5.73 Å². The number of ether oxygens (including phenoxy) is 1. The van der Waals surface area contributed by atoms with Gasteiger partial charge in [-0.1, -0.05) is 18.2 Å². The molecule has 0 fully saturated rings. The van der Waals surface area contributed by atoms with E-state index in [4.69, 9.17) is 10.5 Å². The van der Waals surface area contributed by atoms with Gasteiger partial charge in [-0.25, -0.2) is 0 Å². The van der Waals surface area contributed by atoms with Crippen molar-refractivity contribution in [3.05, 3.63) is 29.8 Å². The highest BCUT2D eigenvalue weighted by atomic mass is 19.4. The van der Waals surface area contributed by atoms with Gasteiger partial charge in [0.2, 0.25) is 0 Å². The first-order valence-corrected chi connectivity index (χ1v) is 5.44. The average molecular weight is 261 g/mol. The molecule has 0 aliphatic carbocycles. The molecule has 0 spiro atoms. The van der Waals surface area contributed by atoms with E-state index in [2.05, 4.69) is 0 Å². The zero-order chi connectivity index (χ0) is 13.6. The molecule has 0 radical (unpaired) electrons.